The SMILES string of the molecule is C=CCN(CC(=O)O)C(=O)[C@@H]1CO[C@H](CNC(=O)OCC2c3ccccc3-c3ccccc32)C1. The van der Waals surface area contributed by atoms with E-state index in [4.69, 9.17) is 14.6 Å². The van der Waals surface area contributed by atoms with E-state index in [-0.39, 0.29) is 50.8 Å². The van der Waals surface area contributed by atoms with Crippen LogP contribution in [-0.4, -0.2) is 66.9 Å². The Morgan fingerprint density at radius 2 is 1.76 bits per heavy atom. The van der Waals surface area contributed by atoms with E-state index in [1.165, 1.54) is 11.0 Å². The van der Waals surface area contributed by atoms with Crippen molar-refractivity contribution in [3.05, 3.63) is 72.3 Å². The summed E-state index contributed by atoms with van der Waals surface area (Å²) in [7, 11) is 0. The van der Waals surface area contributed by atoms with Gasteiger partial charge in [-0.1, -0.05) is 54.6 Å². The largest absolute Gasteiger partial charge is 0.480 e. The van der Waals surface area contributed by atoms with Crippen LogP contribution in [0.1, 0.15) is 23.5 Å². The van der Waals surface area contributed by atoms with E-state index in [0.29, 0.717) is 6.42 Å². The molecule has 0 aromatic heterocycles. The molecule has 0 saturated carbocycles. The molecular weight excluding hydrogens is 436 g/mol. The number of carbonyl (C=O) groups is 3. The highest BCUT2D eigenvalue weighted by Gasteiger charge is 2.34. The summed E-state index contributed by atoms with van der Waals surface area (Å²) >= 11 is 0. The Balaban J connectivity index is 1.26. The minimum atomic E-state index is -1.08. The first-order valence-electron chi connectivity index (χ1n) is 11.3. The quantitative estimate of drug-likeness (QED) is 0.553. The summed E-state index contributed by atoms with van der Waals surface area (Å²) in [6, 6.07) is 16.3. The van der Waals surface area contributed by atoms with Crippen LogP contribution in [0.15, 0.2) is 61.2 Å². The average molecular weight is 465 g/mol. The van der Waals surface area contributed by atoms with Gasteiger partial charge in [-0.05, 0) is 28.7 Å². The fraction of sp³-hybridized carbons (Fsp3) is 0.346. The van der Waals surface area contributed by atoms with Gasteiger partial charge in [0.15, 0.2) is 0 Å². The van der Waals surface area contributed by atoms with Crippen molar-refractivity contribution in [3.8, 4) is 11.1 Å². The summed E-state index contributed by atoms with van der Waals surface area (Å²) in [6.07, 6.45) is 1.01. The van der Waals surface area contributed by atoms with E-state index in [0.717, 1.165) is 22.3 Å². The first-order valence-corrected chi connectivity index (χ1v) is 11.3. The molecular formula is C26H28N2O6. The van der Waals surface area contributed by atoms with Crippen molar-refractivity contribution in [2.24, 2.45) is 5.92 Å². The maximum atomic E-state index is 12.6. The van der Waals surface area contributed by atoms with Gasteiger partial charge in [-0.2, -0.15) is 0 Å². The molecule has 4 rings (SSSR count). The van der Waals surface area contributed by atoms with Gasteiger partial charge in [0, 0.05) is 19.0 Å². The van der Waals surface area contributed by atoms with Crippen LogP contribution < -0.4 is 5.32 Å². The van der Waals surface area contributed by atoms with Gasteiger partial charge < -0.3 is 24.8 Å². The third kappa shape index (κ3) is 5.12. The standard InChI is InChI=1S/C26H28N2O6/c1-2-11-28(14-24(29)30)25(31)17-12-18(33-15-17)13-27-26(32)34-16-23-21-9-5-3-7-19(21)20-8-4-6-10-22(20)23/h2-10,17-18,23H,1,11-16H2,(H,27,32)(H,29,30)/t17-,18-/m0/s1. The number of hydrogen-bond acceptors (Lipinski definition) is 5. The normalized spacial score (nSPS) is 18.6. The Morgan fingerprint density at radius 1 is 1.12 bits per heavy atom. The zero-order chi connectivity index (χ0) is 24.1. The molecule has 2 aromatic carbocycles. The third-order valence-electron chi connectivity index (χ3n) is 6.23. The molecule has 2 aliphatic rings. The Morgan fingerprint density at radius 3 is 2.38 bits per heavy atom. The number of aliphatic carboxylic acids is 1. The molecule has 1 heterocycles. The Hall–Kier alpha value is -3.65. The van der Waals surface area contributed by atoms with E-state index < -0.39 is 18.0 Å². The lowest BCUT2D eigenvalue weighted by molar-refractivity contribution is -0.145. The molecule has 2 aromatic rings. The van der Waals surface area contributed by atoms with E-state index in [1.807, 2.05) is 24.3 Å². The predicted molar refractivity (Wildman–Crippen MR) is 125 cm³/mol. The lowest BCUT2D eigenvalue weighted by Gasteiger charge is -2.21. The molecule has 1 aliphatic heterocycles. The van der Waals surface area contributed by atoms with Crippen molar-refractivity contribution in [2.45, 2.75) is 18.4 Å². The van der Waals surface area contributed by atoms with Crippen molar-refractivity contribution in [3.63, 3.8) is 0 Å². The molecule has 1 aliphatic carbocycles. The van der Waals surface area contributed by atoms with Crippen LogP contribution in [0.2, 0.25) is 0 Å². The zero-order valence-corrected chi connectivity index (χ0v) is 18.8. The molecule has 0 radical (unpaired) electrons. The van der Waals surface area contributed by atoms with Gasteiger partial charge in [-0.3, -0.25) is 9.59 Å². The summed E-state index contributed by atoms with van der Waals surface area (Å²) in [4.78, 5) is 37.3. The number of nitrogens with one attached hydrogen (secondary N) is 1. The predicted octanol–water partition coefficient (Wildman–Crippen LogP) is 3.03. The Labute approximate surface area is 198 Å². The molecule has 178 valence electrons. The number of carboxylic acid groups (broad SMARTS) is 1. The number of alkyl carbamates (subject to hydrolysis) is 1. The fourth-order valence-corrected chi connectivity index (χ4v) is 4.68. The molecule has 1 saturated heterocycles. The first kappa shape index (κ1) is 23.5. The zero-order valence-electron chi connectivity index (χ0n) is 18.8. The molecule has 2 N–H and O–H groups in total. The second kappa shape index (κ2) is 10.5. The number of benzene rings is 2. The van der Waals surface area contributed by atoms with Gasteiger partial charge in [0.25, 0.3) is 0 Å². The lowest BCUT2D eigenvalue weighted by atomic mass is 9.98. The number of ether oxygens (including phenoxy) is 2. The van der Waals surface area contributed by atoms with Gasteiger partial charge in [-0.15, -0.1) is 6.58 Å². The van der Waals surface area contributed by atoms with Crippen molar-refractivity contribution in [1.82, 2.24) is 10.2 Å². The highest BCUT2D eigenvalue weighted by molar-refractivity contribution is 5.83. The van der Waals surface area contributed by atoms with Crippen molar-refractivity contribution < 1.29 is 29.0 Å². The van der Waals surface area contributed by atoms with E-state index in [9.17, 15) is 14.4 Å². The maximum Gasteiger partial charge on any atom is 0.407 e. The topological polar surface area (TPSA) is 105 Å². The second-order valence-corrected chi connectivity index (χ2v) is 8.50. The van der Waals surface area contributed by atoms with Crippen LogP contribution in [0.25, 0.3) is 11.1 Å². The van der Waals surface area contributed by atoms with E-state index in [1.54, 1.807) is 0 Å². The molecule has 34 heavy (non-hydrogen) atoms. The Bertz CT molecular complexity index is 1040. The summed E-state index contributed by atoms with van der Waals surface area (Å²) in [5.74, 6) is -1.84. The highest BCUT2D eigenvalue weighted by Crippen LogP contribution is 2.44. The van der Waals surface area contributed by atoms with E-state index >= 15 is 0 Å². The second-order valence-electron chi connectivity index (χ2n) is 8.50. The van der Waals surface area contributed by atoms with Crippen LogP contribution in [-0.2, 0) is 19.1 Å². The number of carbonyl (C=O) groups excluding carboxylic acids is 2. The van der Waals surface area contributed by atoms with Crippen LogP contribution in [0.3, 0.4) is 0 Å². The molecule has 0 bridgehead atoms. The van der Waals surface area contributed by atoms with Gasteiger partial charge >= 0.3 is 12.1 Å². The van der Waals surface area contributed by atoms with Gasteiger partial charge in [0.1, 0.15) is 13.2 Å². The van der Waals surface area contributed by atoms with Crippen LogP contribution in [0, 0.1) is 5.92 Å². The molecule has 8 nitrogen and oxygen atoms in total. The van der Waals surface area contributed by atoms with Crippen LogP contribution in [0.4, 0.5) is 4.79 Å². The summed E-state index contributed by atoms with van der Waals surface area (Å²) in [6.45, 7) is 3.96. The van der Waals surface area contributed by atoms with E-state index in [2.05, 4.69) is 36.2 Å². The highest BCUT2D eigenvalue weighted by atomic mass is 16.5. The van der Waals surface area contributed by atoms with Gasteiger partial charge in [0.2, 0.25) is 5.91 Å². The minimum Gasteiger partial charge on any atom is -0.480 e. The lowest BCUT2D eigenvalue weighted by Crippen LogP contribution is -2.40. The molecule has 2 amide bonds. The summed E-state index contributed by atoms with van der Waals surface area (Å²) in [5, 5.41) is 11.7. The smallest absolute Gasteiger partial charge is 0.407 e. The molecule has 1 fully saturated rings. The number of fused-ring (bicyclic) bond motifs is 3. The molecule has 0 unspecified atom stereocenters. The van der Waals surface area contributed by atoms with Crippen molar-refractivity contribution >= 4 is 18.0 Å². The van der Waals surface area contributed by atoms with Gasteiger partial charge in [0.05, 0.1) is 18.6 Å². The number of amides is 2. The van der Waals surface area contributed by atoms with Crippen LogP contribution >= 0.6 is 0 Å². The molecule has 2 atom stereocenters. The van der Waals surface area contributed by atoms with Crippen molar-refractivity contribution in [1.29, 1.82) is 0 Å². The Kier molecular flexibility index (Phi) is 7.27. The molecule has 8 heteroatoms. The number of rotatable bonds is 9. The minimum absolute atomic E-state index is 0.0204. The number of nitrogens with zero attached hydrogens (tertiary/aromatic N) is 1. The monoisotopic (exact) mass is 464 g/mol. The summed E-state index contributed by atoms with van der Waals surface area (Å²) in [5.41, 5.74) is 4.61. The van der Waals surface area contributed by atoms with Gasteiger partial charge in [-0.25, -0.2) is 4.79 Å². The average Bonchev–Trinajstić information content (AvgIpc) is 3.43. The number of hydrogen-bond donors (Lipinski definition) is 2. The number of carboxylic acids is 1. The third-order valence-corrected chi connectivity index (χ3v) is 6.23. The van der Waals surface area contributed by atoms with Crippen molar-refractivity contribution in [2.75, 3.05) is 32.8 Å². The molecule has 0 spiro atoms. The first-order chi connectivity index (χ1) is 16.5. The summed E-state index contributed by atoms with van der Waals surface area (Å²) < 4.78 is 11.2. The maximum absolute atomic E-state index is 12.6. The van der Waals surface area contributed by atoms with Crippen LogP contribution in [0.5, 0.6) is 0 Å². The fourth-order valence-electron chi connectivity index (χ4n) is 4.68.